The third-order valence-corrected chi connectivity index (χ3v) is 5.13. The molecular formula is C28H33F3O. The maximum Gasteiger partial charge on any atom is 0.409 e. The fourth-order valence-corrected chi connectivity index (χ4v) is 3.32. The Hall–Kier alpha value is -2.67. The number of hydrogen-bond donors (Lipinski definition) is 0. The molecule has 0 bridgehead atoms. The Morgan fingerprint density at radius 3 is 1.84 bits per heavy atom. The number of aryl methyl sites for hydroxylation is 1. The van der Waals surface area contributed by atoms with Crippen molar-refractivity contribution < 1.29 is 17.9 Å². The number of rotatable bonds is 12. The van der Waals surface area contributed by atoms with Crippen molar-refractivity contribution in [1.29, 1.82) is 0 Å². The van der Waals surface area contributed by atoms with Gasteiger partial charge in [0, 0.05) is 17.2 Å². The van der Waals surface area contributed by atoms with Crippen molar-refractivity contribution in [2.24, 2.45) is 0 Å². The maximum absolute atomic E-state index is 12.1. The Balaban J connectivity index is 1.71. The van der Waals surface area contributed by atoms with Crippen LogP contribution in [0.1, 0.15) is 75.0 Å². The summed E-state index contributed by atoms with van der Waals surface area (Å²) in [5.74, 6) is 6.76. The quantitative estimate of drug-likeness (QED) is 0.183. The van der Waals surface area contributed by atoms with Crippen LogP contribution in [0.25, 0.3) is 0 Å². The molecule has 32 heavy (non-hydrogen) atoms. The van der Waals surface area contributed by atoms with E-state index in [1.54, 1.807) is 24.3 Å². The molecular weight excluding hydrogens is 409 g/mol. The Morgan fingerprint density at radius 1 is 0.750 bits per heavy atom. The van der Waals surface area contributed by atoms with Crippen molar-refractivity contribution in [1.82, 2.24) is 0 Å². The van der Waals surface area contributed by atoms with Crippen molar-refractivity contribution >= 4 is 0 Å². The Kier molecular flexibility index (Phi) is 11.5. The molecule has 0 amide bonds. The molecule has 1 nitrogen and oxygen atoms in total. The number of halogens is 3. The van der Waals surface area contributed by atoms with Crippen LogP contribution in [0.2, 0.25) is 0 Å². The molecule has 0 heterocycles. The highest BCUT2D eigenvalue weighted by Crippen LogP contribution is 2.17. The zero-order chi connectivity index (χ0) is 23.1. The van der Waals surface area contributed by atoms with Gasteiger partial charge in [-0.2, -0.15) is 13.2 Å². The molecule has 0 radical (unpaired) electrons. The zero-order valence-electron chi connectivity index (χ0n) is 18.9. The van der Waals surface area contributed by atoms with Gasteiger partial charge in [-0.3, -0.25) is 0 Å². The van der Waals surface area contributed by atoms with Crippen LogP contribution in [0.15, 0.2) is 60.7 Å². The van der Waals surface area contributed by atoms with E-state index >= 15 is 0 Å². The third-order valence-electron chi connectivity index (χ3n) is 5.13. The smallest absolute Gasteiger partial charge is 0.409 e. The Labute approximate surface area is 190 Å². The van der Waals surface area contributed by atoms with Gasteiger partial charge in [-0.25, -0.2) is 0 Å². The van der Waals surface area contributed by atoms with Crippen LogP contribution in [0.4, 0.5) is 13.2 Å². The van der Waals surface area contributed by atoms with E-state index in [2.05, 4.69) is 43.0 Å². The van der Waals surface area contributed by atoms with Gasteiger partial charge in [0.15, 0.2) is 0 Å². The average molecular weight is 443 g/mol. The number of benzene rings is 2. The van der Waals surface area contributed by atoms with Gasteiger partial charge in [0.05, 0.1) is 0 Å². The summed E-state index contributed by atoms with van der Waals surface area (Å²) in [6.07, 6.45) is 8.56. The molecule has 4 heteroatoms. The van der Waals surface area contributed by atoms with Gasteiger partial charge in [0.1, 0.15) is 12.4 Å². The predicted molar refractivity (Wildman–Crippen MR) is 126 cm³/mol. The van der Waals surface area contributed by atoms with Gasteiger partial charge in [0.2, 0.25) is 0 Å². The van der Waals surface area contributed by atoms with E-state index in [-0.39, 0.29) is 12.7 Å². The predicted octanol–water partition coefficient (Wildman–Crippen LogP) is 8.27. The lowest BCUT2D eigenvalue weighted by Gasteiger charge is -2.03. The number of unbranched alkanes of at least 4 members (excludes halogenated alkanes) is 7. The normalized spacial score (nSPS) is 11.4. The second-order valence-corrected chi connectivity index (χ2v) is 7.95. The van der Waals surface area contributed by atoms with Crippen LogP contribution in [-0.4, -0.2) is 12.8 Å². The number of hydrogen-bond acceptors (Lipinski definition) is 1. The molecule has 0 aliphatic rings. The monoisotopic (exact) mass is 442 g/mol. The van der Waals surface area contributed by atoms with Crippen molar-refractivity contribution in [3.63, 3.8) is 0 Å². The highest BCUT2D eigenvalue weighted by atomic mass is 19.4. The van der Waals surface area contributed by atoms with Crippen molar-refractivity contribution in [2.75, 3.05) is 6.61 Å². The molecule has 2 aromatic rings. The van der Waals surface area contributed by atoms with E-state index in [0.717, 1.165) is 23.6 Å². The molecule has 0 aliphatic carbocycles. The van der Waals surface area contributed by atoms with E-state index in [1.807, 2.05) is 0 Å². The maximum atomic E-state index is 12.1. The molecule has 172 valence electrons. The topological polar surface area (TPSA) is 9.23 Å². The summed E-state index contributed by atoms with van der Waals surface area (Å²) >= 11 is 0. The number of alkyl halides is 3. The summed E-state index contributed by atoms with van der Waals surface area (Å²) in [6, 6.07) is 15.4. The van der Waals surface area contributed by atoms with Crippen LogP contribution >= 0.6 is 0 Å². The first-order chi connectivity index (χ1) is 15.5. The lowest BCUT2D eigenvalue weighted by molar-refractivity contribution is -0.0801. The van der Waals surface area contributed by atoms with Crippen molar-refractivity contribution in [3.05, 3.63) is 77.4 Å². The van der Waals surface area contributed by atoms with E-state index in [4.69, 9.17) is 4.74 Å². The van der Waals surface area contributed by atoms with Gasteiger partial charge in [0.25, 0.3) is 0 Å². The van der Waals surface area contributed by atoms with Gasteiger partial charge in [-0.05, 0) is 60.9 Å². The molecule has 0 atom stereocenters. The zero-order valence-corrected chi connectivity index (χ0v) is 18.9. The van der Waals surface area contributed by atoms with Crippen LogP contribution in [-0.2, 0) is 6.42 Å². The highest BCUT2D eigenvalue weighted by molar-refractivity contribution is 5.44. The van der Waals surface area contributed by atoms with Crippen LogP contribution in [0.5, 0.6) is 5.75 Å². The standard InChI is InChI=1S/C28H33F3O/c1-2-3-4-5-6-7-8-9-11-24-12-14-25(15-13-24)16-17-26-18-20-27(21-19-26)32-23-10-22-28(29,30)31/h10,12-15,18-22H,2-9,11,23H2,1H3/b22-10+. The molecule has 0 aliphatic heterocycles. The Morgan fingerprint density at radius 2 is 1.28 bits per heavy atom. The first-order valence-corrected chi connectivity index (χ1v) is 11.5. The molecule has 0 saturated carbocycles. The van der Waals surface area contributed by atoms with Gasteiger partial charge < -0.3 is 4.74 Å². The van der Waals surface area contributed by atoms with Gasteiger partial charge >= 0.3 is 6.18 Å². The summed E-state index contributed by atoms with van der Waals surface area (Å²) in [5, 5.41) is 0. The minimum atomic E-state index is -4.31. The van der Waals surface area contributed by atoms with E-state index in [0.29, 0.717) is 5.75 Å². The minimum Gasteiger partial charge on any atom is -0.490 e. The first-order valence-electron chi connectivity index (χ1n) is 11.5. The number of allylic oxidation sites excluding steroid dienone is 1. The second kappa shape index (κ2) is 14.4. The van der Waals surface area contributed by atoms with Crippen LogP contribution in [0.3, 0.4) is 0 Å². The minimum absolute atomic E-state index is 0.129. The second-order valence-electron chi connectivity index (χ2n) is 7.95. The molecule has 0 fully saturated rings. The van der Waals surface area contributed by atoms with Gasteiger partial charge in [-0.15, -0.1) is 0 Å². The SMILES string of the molecule is CCCCCCCCCCc1ccc(C#Cc2ccc(OC/C=C/C(F)(F)F)cc2)cc1. The Bertz CT molecular complexity index is 853. The fraction of sp³-hybridized carbons (Fsp3) is 0.429. The third kappa shape index (κ3) is 11.6. The lowest BCUT2D eigenvalue weighted by atomic mass is 10.0. The molecule has 0 saturated heterocycles. The summed E-state index contributed by atoms with van der Waals surface area (Å²) in [7, 11) is 0. The van der Waals surface area contributed by atoms with Crippen molar-refractivity contribution in [3.8, 4) is 17.6 Å². The molecule has 0 aromatic heterocycles. The number of ether oxygens (including phenoxy) is 1. The summed E-state index contributed by atoms with van der Waals surface area (Å²) in [4.78, 5) is 0. The van der Waals surface area contributed by atoms with E-state index < -0.39 is 6.18 Å². The largest absolute Gasteiger partial charge is 0.490 e. The summed E-state index contributed by atoms with van der Waals surface area (Å²) in [6.45, 7) is 2.12. The van der Waals surface area contributed by atoms with E-state index in [1.165, 1.54) is 56.9 Å². The summed E-state index contributed by atoms with van der Waals surface area (Å²) < 4.78 is 41.4. The summed E-state index contributed by atoms with van der Waals surface area (Å²) in [5.41, 5.74) is 3.14. The fourth-order valence-electron chi connectivity index (χ4n) is 3.32. The van der Waals surface area contributed by atoms with Crippen LogP contribution < -0.4 is 4.74 Å². The average Bonchev–Trinajstić information content (AvgIpc) is 2.78. The molecule has 0 N–H and O–H groups in total. The molecule has 2 rings (SSSR count). The highest BCUT2D eigenvalue weighted by Gasteiger charge is 2.21. The van der Waals surface area contributed by atoms with E-state index in [9.17, 15) is 13.2 Å². The van der Waals surface area contributed by atoms with Crippen molar-refractivity contribution in [2.45, 2.75) is 70.9 Å². The van der Waals surface area contributed by atoms with Crippen LogP contribution in [0, 0.1) is 11.8 Å². The molecule has 0 spiro atoms. The molecule has 0 unspecified atom stereocenters. The van der Waals surface area contributed by atoms with Gasteiger partial charge in [-0.1, -0.05) is 75.8 Å². The lowest BCUT2D eigenvalue weighted by Crippen LogP contribution is -2.02. The first kappa shape index (κ1) is 25.6. The molecule has 2 aromatic carbocycles.